The molecule has 2 N–H and O–H groups in total. The molecule has 0 radical (unpaired) electrons. The van der Waals surface area contributed by atoms with Gasteiger partial charge >= 0.3 is 5.97 Å². The van der Waals surface area contributed by atoms with Crippen molar-refractivity contribution in [3.8, 4) is 0 Å². The van der Waals surface area contributed by atoms with E-state index >= 15 is 0 Å². The summed E-state index contributed by atoms with van der Waals surface area (Å²) in [6, 6.07) is 0. The number of rotatable bonds is 5. The first-order valence-electron chi connectivity index (χ1n) is 6.24. The van der Waals surface area contributed by atoms with Gasteiger partial charge in [-0.05, 0) is 37.5 Å². The number of hydrogen-bond donors (Lipinski definition) is 2. The molecule has 1 saturated carbocycles. The summed E-state index contributed by atoms with van der Waals surface area (Å²) >= 11 is 0. The maximum atomic E-state index is 11.7. The minimum absolute atomic E-state index is 0.166. The second-order valence-corrected chi connectivity index (χ2v) is 5.09. The zero-order valence-corrected chi connectivity index (χ0v) is 10.0. The molecule has 2 aliphatic rings. The summed E-state index contributed by atoms with van der Waals surface area (Å²) in [5.74, 6) is 0.120. The monoisotopic (exact) mass is 241 g/mol. The van der Waals surface area contributed by atoms with Crippen molar-refractivity contribution in [3.05, 3.63) is 0 Å². The minimum atomic E-state index is -0.980. The predicted octanol–water partition coefficient (Wildman–Crippen LogP) is 0.781. The molecule has 0 bridgehead atoms. The number of amides is 1. The average molecular weight is 241 g/mol. The van der Waals surface area contributed by atoms with Crippen molar-refractivity contribution in [2.75, 3.05) is 6.54 Å². The maximum absolute atomic E-state index is 11.7. The Hall–Kier alpha value is -1.10. The van der Waals surface area contributed by atoms with Gasteiger partial charge in [0.25, 0.3) is 0 Å². The van der Waals surface area contributed by atoms with Gasteiger partial charge in [0.2, 0.25) is 5.91 Å². The van der Waals surface area contributed by atoms with Gasteiger partial charge in [0, 0.05) is 6.54 Å². The first-order valence-corrected chi connectivity index (χ1v) is 6.24. The van der Waals surface area contributed by atoms with Crippen LogP contribution in [0.5, 0.6) is 0 Å². The molecule has 17 heavy (non-hydrogen) atoms. The van der Waals surface area contributed by atoms with Gasteiger partial charge in [-0.25, -0.2) is 4.79 Å². The molecule has 0 spiro atoms. The van der Waals surface area contributed by atoms with E-state index < -0.39 is 18.2 Å². The van der Waals surface area contributed by atoms with Gasteiger partial charge in [-0.3, -0.25) is 4.79 Å². The van der Waals surface area contributed by atoms with E-state index in [9.17, 15) is 9.59 Å². The number of hydrogen-bond acceptors (Lipinski definition) is 3. The fourth-order valence-corrected chi connectivity index (χ4v) is 2.22. The largest absolute Gasteiger partial charge is 0.479 e. The van der Waals surface area contributed by atoms with Crippen molar-refractivity contribution >= 4 is 11.9 Å². The van der Waals surface area contributed by atoms with Crippen molar-refractivity contribution in [2.45, 2.75) is 44.8 Å². The fraction of sp³-hybridized carbons (Fsp3) is 0.833. The lowest BCUT2D eigenvalue weighted by atomic mass is 10.1. The quantitative estimate of drug-likeness (QED) is 0.746. The summed E-state index contributed by atoms with van der Waals surface area (Å²) in [5, 5.41) is 11.6. The highest BCUT2D eigenvalue weighted by atomic mass is 16.5. The molecular formula is C12H19NO4. The van der Waals surface area contributed by atoms with E-state index in [4.69, 9.17) is 9.84 Å². The van der Waals surface area contributed by atoms with Crippen LogP contribution in [0.1, 0.15) is 32.6 Å². The molecule has 0 aromatic heterocycles. The van der Waals surface area contributed by atoms with Crippen LogP contribution in [0, 0.1) is 11.8 Å². The maximum Gasteiger partial charge on any atom is 0.332 e. The van der Waals surface area contributed by atoms with E-state index in [0.717, 1.165) is 5.92 Å². The van der Waals surface area contributed by atoms with E-state index in [1.807, 2.05) is 0 Å². The van der Waals surface area contributed by atoms with E-state index in [1.54, 1.807) is 0 Å². The summed E-state index contributed by atoms with van der Waals surface area (Å²) < 4.78 is 5.18. The van der Waals surface area contributed by atoms with Gasteiger partial charge in [-0.1, -0.05) is 6.92 Å². The Morgan fingerprint density at radius 2 is 1.94 bits per heavy atom. The standard InChI is InChI=1S/C12H19NO4/c1-7(8-2-3-8)6-13-11(14)9-4-5-10(17-9)12(15)16/h7-10H,2-6H2,1H3,(H,13,14)(H,15,16). The molecule has 3 unspecified atom stereocenters. The summed E-state index contributed by atoms with van der Waals surface area (Å²) in [6.07, 6.45) is 2.05. The summed E-state index contributed by atoms with van der Waals surface area (Å²) in [6.45, 7) is 2.80. The lowest BCUT2D eigenvalue weighted by Crippen LogP contribution is -2.38. The Balaban J connectivity index is 1.71. The van der Waals surface area contributed by atoms with Gasteiger partial charge in [-0.15, -0.1) is 0 Å². The molecule has 96 valence electrons. The number of carbonyl (C=O) groups is 2. The summed E-state index contributed by atoms with van der Waals surface area (Å²) in [4.78, 5) is 22.4. The van der Waals surface area contributed by atoms with Crippen LogP contribution in [0.3, 0.4) is 0 Å². The van der Waals surface area contributed by atoms with Crippen molar-refractivity contribution < 1.29 is 19.4 Å². The average Bonchev–Trinajstić information content (AvgIpc) is 3.02. The Bertz CT molecular complexity index is 314. The Labute approximate surface area is 101 Å². The number of aliphatic carboxylic acids is 1. The third-order valence-corrected chi connectivity index (χ3v) is 3.61. The number of ether oxygens (including phenoxy) is 1. The van der Waals surface area contributed by atoms with Crippen molar-refractivity contribution in [3.63, 3.8) is 0 Å². The van der Waals surface area contributed by atoms with Crippen LogP contribution in [0.25, 0.3) is 0 Å². The zero-order valence-electron chi connectivity index (χ0n) is 10.0. The molecule has 5 nitrogen and oxygen atoms in total. The number of nitrogens with one attached hydrogen (secondary N) is 1. The minimum Gasteiger partial charge on any atom is -0.479 e. The first kappa shape index (κ1) is 12.4. The molecule has 2 rings (SSSR count). The molecule has 0 aromatic rings. The highest BCUT2D eigenvalue weighted by molar-refractivity contribution is 5.82. The highest BCUT2D eigenvalue weighted by Gasteiger charge is 2.35. The molecule has 1 aliphatic heterocycles. The second-order valence-electron chi connectivity index (χ2n) is 5.09. The summed E-state index contributed by atoms with van der Waals surface area (Å²) in [7, 11) is 0. The van der Waals surface area contributed by atoms with E-state index in [0.29, 0.717) is 25.3 Å². The van der Waals surface area contributed by atoms with Crippen molar-refractivity contribution in [1.82, 2.24) is 5.32 Å². The fourth-order valence-electron chi connectivity index (χ4n) is 2.22. The molecule has 1 aliphatic carbocycles. The molecule has 3 atom stereocenters. The molecule has 1 heterocycles. The molecule has 0 aromatic carbocycles. The normalized spacial score (nSPS) is 29.9. The van der Waals surface area contributed by atoms with Crippen LogP contribution < -0.4 is 5.32 Å². The van der Waals surface area contributed by atoms with Crippen LogP contribution >= 0.6 is 0 Å². The van der Waals surface area contributed by atoms with Gasteiger partial charge in [0.15, 0.2) is 6.10 Å². The van der Waals surface area contributed by atoms with E-state index in [2.05, 4.69) is 12.2 Å². The first-order chi connectivity index (χ1) is 8.08. The number of carboxylic acid groups (broad SMARTS) is 1. The Morgan fingerprint density at radius 1 is 1.29 bits per heavy atom. The second kappa shape index (κ2) is 5.04. The Morgan fingerprint density at radius 3 is 2.47 bits per heavy atom. The zero-order chi connectivity index (χ0) is 12.4. The summed E-state index contributed by atoms with van der Waals surface area (Å²) in [5.41, 5.74) is 0. The predicted molar refractivity (Wildman–Crippen MR) is 60.4 cm³/mol. The lowest BCUT2D eigenvalue weighted by Gasteiger charge is -2.15. The third-order valence-electron chi connectivity index (χ3n) is 3.61. The Kier molecular flexibility index (Phi) is 3.66. The van der Waals surface area contributed by atoms with E-state index in [1.165, 1.54) is 12.8 Å². The van der Waals surface area contributed by atoms with Crippen LogP contribution in [0.4, 0.5) is 0 Å². The smallest absolute Gasteiger partial charge is 0.332 e. The SMILES string of the molecule is CC(CNC(=O)C1CCC(C(=O)O)O1)C1CC1. The number of carboxylic acids is 1. The number of carbonyl (C=O) groups excluding carboxylic acids is 1. The molecule has 1 saturated heterocycles. The van der Waals surface area contributed by atoms with Gasteiger partial charge in [0.1, 0.15) is 6.10 Å². The van der Waals surface area contributed by atoms with Gasteiger partial charge in [-0.2, -0.15) is 0 Å². The lowest BCUT2D eigenvalue weighted by molar-refractivity contribution is -0.151. The van der Waals surface area contributed by atoms with Crippen LogP contribution in [-0.4, -0.2) is 35.7 Å². The molecule has 5 heteroatoms. The topological polar surface area (TPSA) is 75.6 Å². The van der Waals surface area contributed by atoms with Crippen LogP contribution in [0.2, 0.25) is 0 Å². The van der Waals surface area contributed by atoms with Crippen molar-refractivity contribution in [1.29, 1.82) is 0 Å². The van der Waals surface area contributed by atoms with E-state index in [-0.39, 0.29) is 5.91 Å². The molecule has 1 amide bonds. The van der Waals surface area contributed by atoms with Crippen LogP contribution in [0.15, 0.2) is 0 Å². The third kappa shape index (κ3) is 3.19. The van der Waals surface area contributed by atoms with Crippen LogP contribution in [-0.2, 0) is 14.3 Å². The molecular weight excluding hydrogens is 222 g/mol. The highest BCUT2D eigenvalue weighted by Crippen LogP contribution is 2.36. The van der Waals surface area contributed by atoms with Gasteiger partial charge < -0.3 is 15.2 Å². The molecule has 2 fully saturated rings. The van der Waals surface area contributed by atoms with Crippen molar-refractivity contribution in [2.24, 2.45) is 11.8 Å². The van der Waals surface area contributed by atoms with Gasteiger partial charge in [0.05, 0.1) is 0 Å².